The van der Waals surface area contributed by atoms with Gasteiger partial charge in [-0.2, -0.15) is 0 Å². The molecule has 8 heteroatoms. The highest BCUT2D eigenvalue weighted by Gasteiger charge is 2.29. The molecule has 35 heavy (non-hydrogen) atoms. The van der Waals surface area contributed by atoms with Gasteiger partial charge in [0.1, 0.15) is 13.2 Å². The second-order valence-corrected chi connectivity index (χ2v) is 8.76. The van der Waals surface area contributed by atoms with Crippen molar-refractivity contribution in [2.45, 2.75) is 5.92 Å². The molecule has 0 unspecified atom stereocenters. The Morgan fingerprint density at radius 1 is 1.03 bits per heavy atom. The highest BCUT2D eigenvalue weighted by molar-refractivity contribution is 9.10. The van der Waals surface area contributed by atoms with E-state index >= 15 is 0 Å². The number of rotatable bonds is 7. The van der Waals surface area contributed by atoms with E-state index in [1.807, 2.05) is 36.4 Å². The third kappa shape index (κ3) is 5.20. The number of carboxylic acid groups (broad SMARTS) is 1. The lowest BCUT2D eigenvalue weighted by molar-refractivity contribution is -0.137. The molecule has 0 radical (unpaired) electrons. The first-order valence-electron chi connectivity index (χ1n) is 10.7. The Morgan fingerprint density at radius 3 is 2.23 bits per heavy atom. The molecule has 7 nitrogen and oxygen atoms in total. The maximum absolute atomic E-state index is 12.6. The largest absolute Gasteiger partial charge is 0.480 e. The molecule has 3 aromatic carbocycles. The molecule has 0 aromatic heterocycles. The lowest BCUT2D eigenvalue weighted by Gasteiger charge is -2.18. The number of carboxylic acids is 1. The van der Waals surface area contributed by atoms with Crippen molar-refractivity contribution < 1.29 is 24.2 Å². The molecule has 2 N–H and O–H groups in total. The first-order chi connectivity index (χ1) is 16.9. The standard InChI is InChI=1S/C27H21BrN2O5/c1-2-13-30(15-25(31)32)26(33)17-11-12-24(23(28)14-17)29-27(34)35-16-22-20-9-5-3-7-18(20)19-8-4-6-10-21(19)22/h1,3-12,14,22H,13,15-16H2,(H,29,34)(H,31,32). The predicted octanol–water partition coefficient (Wildman–Crippen LogP) is 4.97. The number of fused-ring (bicyclic) bond motifs is 3. The Hall–Kier alpha value is -4.09. The number of hydrogen-bond donors (Lipinski definition) is 2. The van der Waals surface area contributed by atoms with E-state index in [2.05, 4.69) is 39.3 Å². The molecule has 0 saturated carbocycles. The van der Waals surface area contributed by atoms with Gasteiger partial charge in [0.15, 0.2) is 0 Å². The van der Waals surface area contributed by atoms with E-state index in [0.29, 0.717) is 10.2 Å². The molecule has 0 fully saturated rings. The second kappa shape index (κ2) is 10.5. The molecule has 4 rings (SSSR count). The van der Waals surface area contributed by atoms with Crippen LogP contribution in [-0.2, 0) is 9.53 Å². The van der Waals surface area contributed by atoms with Crippen LogP contribution < -0.4 is 5.32 Å². The summed E-state index contributed by atoms with van der Waals surface area (Å²) in [7, 11) is 0. The maximum atomic E-state index is 12.6. The number of ether oxygens (including phenoxy) is 1. The van der Waals surface area contributed by atoms with Crippen molar-refractivity contribution in [2.75, 3.05) is 25.0 Å². The van der Waals surface area contributed by atoms with Crippen LogP contribution in [0.5, 0.6) is 0 Å². The number of hydrogen-bond acceptors (Lipinski definition) is 4. The van der Waals surface area contributed by atoms with E-state index in [9.17, 15) is 14.4 Å². The first-order valence-corrected chi connectivity index (χ1v) is 11.5. The number of amides is 2. The van der Waals surface area contributed by atoms with E-state index in [1.54, 1.807) is 0 Å². The molecule has 0 saturated heterocycles. The zero-order valence-electron chi connectivity index (χ0n) is 18.5. The van der Waals surface area contributed by atoms with E-state index in [0.717, 1.165) is 27.2 Å². The van der Waals surface area contributed by atoms with Gasteiger partial charge in [0, 0.05) is 16.0 Å². The minimum Gasteiger partial charge on any atom is -0.480 e. The Morgan fingerprint density at radius 2 is 1.66 bits per heavy atom. The van der Waals surface area contributed by atoms with E-state index in [1.165, 1.54) is 18.2 Å². The molecular weight excluding hydrogens is 512 g/mol. The number of carbonyl (C=O) groups is 3. The van der Waals surface area contributed by atoms with Gasteiger partial charge >= 0.3 is 12.1 Å². The fraction of sp³-hybridized carbons (Fsp3) is 0.148. The Kier molecular flexibility index (Phi) is 7.18. The molecule has 1 aliphatic carbocycles. The van der Waals surface area contributed by atoms with Crippen molar-refractivity contribution in [1.82, 2.24) is 4.90 Å². The molecule has 0 bridgehead atoms. The molecule has 3 aromatic rings. The van der Waals surface area contributed by atoms with Crippen LogP contribution in [0.15, 0.2) is 71.2 Å². The number of carbonyl (C=O) groups excluding carboxylic acids is 2. The number of benzene rings is 3. The van der Waals surface area contributed by atoms with Crippen LogP contribution in [-0.4, -0.2) is 47.7 Å². The topological polar surface area (TPSA) is 95.9 Å². The summed E-state index contributed by atoms with van der Waals surface area (Å²) in [6, 6.07) is 20.7. The minimum absolute atomic E-state index is 0.0621. The van der Waals surface area contributed by atoms with Gasteiger partial charge in [-0.25, -0.2) is 4.79 Å². The summed E-state index contributed by atoms with van der Waals surface area (Å²) in [5.74, 6) is 0.525. The van der Waals surface area contributed by atoms with Gasteiger partial charge in [-0.15, -0.1) is 6.42 Å². The zero-order chi connectivity index (χ0) is 24.9. The maximum Gasteiger partial charge on any atom is 0.411 e. The summed E-state index contributed by atoms with van der Waals surface area (Å²) in [6.07, 6.45) is 4.62. The lowest BCUT2D eigenvalue weighted by atomic mass is 9.98. The normalized spacial score (nSPS) is 11.7. The van der Waals surface area contributed by atoms with Crippen molar-refractivity contribution in [3.8, 4) is 23.5 Å². The Labute approximate surface area is 210 Å². The SMILES string of the molecule is C#CCN(CC(=O)O)C(=O)c1ccc(NC(=O)OCC2c3ccccc3-c3ccccc32)c(Br)c1. The summed E-state index contributed by atoms with van der Waals surface area (Å²) < 4.78 is 5.99. The summed E-state index contributed by atoms with van der Waals surface area (Å²) in [4.78, 5) is 37.3. The van der Waals surface area contributed by atoms with Gasteiger partial charge in [-0.05, 0) is 56.4 Å². The highest BCUT2D eigenvalue weighted by atomic mass is 79.9. The Balaban J connectivity index is 1.42. The monoisotopic (exact) mass is 532 g/mol. The molecule has 0 spiro atoms. The summed E-state index contributed by atoms with van der Waals surface area (Å²) in [5.41, 5.74) is 5.14. The summed E-state index contributed by atoms with van der Waals surface area (Å²) in [6.45, 7) is -0.479. The smallest absolute Gasteiger partial charge is 0.411 e. The van der Waals surface area contributed by atoms with Crippen molar-refractivity contribution in [1.29, 1.82) is 0 Å². The molecule has 2 amide bonds. The molecule has 0 aliphatic heterocycles. The van der Waals surface area contributed by atoms with Crippen molar-refractivity contribution in [3.63, 3.8) is 0 Å². The van der Waals surface area contributed by atoms with Crippen molar-refractivity contribution in [3.05, 3.63) is 87.9 Å². The van der Waals surface area contributed by atoms with Gasteiger partial charge in [0.25, 0.3) is 5.91 Å². The molecular formula is C27H21BrN2O5. The number of halogens is 1. The lowest BCUT2D eigenvalue weighted by Crippen LogP contribution is -2.36. The Bertz CT molecular complexity index is 1300. The third-order valence-corrected chi connectivity index (χ3v) is 6.35. The fourth-order valence-electron chi connectivity index (χ4n) is 4.15. The quantitative estimate of drug-likeness (QED) is 0.419. The number of nitrogens with zero attached hydrogens (tertiary/aromatic N) is 1. The number of anilines is 1. The molecule has 1 aliphatic rings. The zero-order valence-corrected chi connectivity index (χ0v) is 20.1. The van der Waals surface area contributed by atoms with Crippen molar-refractivity contribution in [2.24, 2.45) is 0 Å². The van der Waals surface area contributed by atoms with Crippen LogP contribution >= 0.6 is 15.9 Å². The van der Waals surface area contributed by atoms with Gasteiger partial charge in [0.2, 0.25) is 0 Å². The summed E-state index contributed by atoms with van der Waals surface area (Å²) >= 11 is 3.35. The van der Waals surface area contributed by atoms with Gasteiger partial charge < -0.3 is 14.7 Å². The summed E-state index contributed by atoms with van der Waals surface area (Å²) in [5, 5.41) is 11.7. The van der Waals surface area contributed by atoms with Crippen molar-refractivity contribution >= 4 is 39.6 Å². The van der Waals surface area contributed by atoms with Gasteiger partial charge in [-0.3, -0.25) is 14.9 Å². The molecule has 176 valence electrons. The van der Waals surface area contributed by atoms with E-state index < -0.39 is 24.5 Å². The second-order valence-electron chi connectivity index (χ2n) is 7.90. The van der Waals surface area contributed by atoms with Gasteiger partial charge in [0.05, 0.1) is 12.2 Å². The molecule has 0 atom stereocenters. The number of nitrogens with one attached hydrogen (secondary N) is 1. The van der Waals surface area contributed by atoms with Crippen LogP contribution in [0, 0.1) is 12.3 Å². The van der Waals surface area contributed by atoms with Crippen LogP contribution in [0.4, 0.5) is 10.5 Å². The van der Waals surface area contributed by atoms with E-state index in [4.69, 9.17) is 16.3 Å². The predicted molar refractivity (Wildman–Crippen MR) is 135 cm³/mol. The average molecular weight is 533 g/mol. The minimum atomic E-state index is -1.17. The van der Waals surface area contributed by atoms with Crippen LogP contribution in [0.3, 0.4) is 0 Å². The van der Waals surface area contributed by atoms with Crippen LogP contribution in [0.2, 0.25) is 0 Å². The number of aliphatic carboxylic acids is 1. The van der Waals surface area contributed by atoms with Crippen LogP contribution in [0.1, 0.15) is 27.4 Å². The highest BCUT2D eigenvalue weighted by Crippen LogP contribution is 2.44. The third-order valence-electron chi connectivity index (χ3n) is 5.69. The fourth-order valence-corrected chi connectivity index (χ4v) is 4.63. The first kappa shape index (κ1) is 24.0. The van der Waals surface area contributed by atoms with E-state index in [-0.39, 0.29) is 24.6 Å². The number of terminal acetylenes is 1. The van der Waals surface area contributed by atoms with Crippen LogP contribution in [0.25, 0.3) is 11.1 Å². The van der Waals surface area contributed by atoms with Gasteiger partial charge in [-0.1, -0.05) is 54.5 Å². The average Bonchev–Trinajstić information content (AvgIpc) is 3.17. The molecule has 0 heterocycles.